The third kappa shape index (κ3) is 1.38. The maximum absolute atomic E-state index is 12.9. The normalized spacial score (nSPS) is 9.92. The van der Waals surface area contributed by atoms with Crippen LogP contribution in [0.2, 0.25) is 5.15 Å². The number of aromatic carboxylic acids is 1. The van der Waals surface area contributed by atoms with E-state index in [1.54, 1.807) is 0 Å². The number of carboxylic acid groups (broad SMARTS) is 1. The molecule has 0 aliphatic rings. The van der Waals surface area contributed by atoms with E-state index in [4.69, 9.17) is 16.7 Å². The van der Waals surface area contributed by atoms with Gasteiger partial charge >= 0.3 is 5.97 Å². The summed E-state index contributed by atoms with van der Waals surface area (Å²) in [6, 6.07) is 0. The SMILES string of the molecule is Cc1c(C(=O)O)cnc(Cl)c1F. The zero-order chi connectivity index (χ0) is 9.30. The highest BCUT2D eigenvalue weighted by Gasteiger charge is 2.13. The molecule has 12 heavy (non-hydrogen) atoms. The lowest BCUT2D eigenvalue weighted by atomic mass is 10.1. The number of pyridine rings is 1. The van der Waals surface area contributed by atoms with Crippen LogP contribution in [0.3, 0.4) is 0 Å². The van der Waals surface area contributed by atoms with Gasteiger partial charge in [0, 0.05) is 11.8 Å². The van der Waals surface area contributed by atoms with Crippen LogP contribution in [-0.4, -0.2) is 16.1 Å². The average molecular weight is 190 g/mol. The summed E-state index contributed by atoms with van der Waals surface area (Å²) in [5.41, 5.74) is -0.167. The number of carboxylic acids is 1. The van der Waals surface area contributed by atoms with Crippen LogP contribution in [-0.2, 0) is 0 Å². The van der Waals surface area contributed by atoms with E-state index in [-0.39, 0.29) is 16.3 Å². The Labute approximate surface area is 72.8 Å². The van der Waals surface area contributed by atoms with E-state index >= 15 is 0 Å². The molecule has 0 aliphatic heterocycles. The van der Waals surface area contributed by atoms with Gasteiger partial charge in [-0.1, -0.05) is 11.6 Å². The monoisotopic (exact) mass is 189 g/mol. The lowest BCUT2D eigenvalue weighted by Crippen LogP contribution is -2.03. The molecule has 0 saturated heterocycles. The first-order valence-electron chi connectivity index (χ1n) is 3.08. The molecule has 0 amide bonds. The predicted octanol–water partition coefficient (Wildman–Crippen LogP) is 1.88. The third-order valence-electron chi connectivity index (χ3n) is 1.45. The average Bonchev–Trinajstić information content (AvgIpc) is 2.00. The Morgan fingerprint density at radius 2 is 2.33 bits per heavy atom. The van der Waals surface area contributed by atoms with E-state index in [0.29, 0.717) is 0 Å². The van der Waals surface area contributed by atoms with Crippen molar-refractivity contribution in [3.63, 3.8) is 0 Å². The van der Waals surface area contributed by atoms with Crippen molar-refractivity contribution in [1.29, 1.82) is 0 Å². The fraction of sp³-hybridized carbons (Fsp3) is 0.143. The largest absolute Gasteiger partial charge is 0.478 e. The summed E-state index contributed by atoms with van der Waals surface area (Å²) < 4.78 is 12.9. The molecule has 1 rings (SSSR count). The second-order valence-electron chi connectivity index (χ2n) is 2.21. The molecule has 0 atom stereocenters. The summed E-state index contributed by atoms with van der Waals surface area (Å²) in [7, 11) is 0. The molecule has 1 N–H and O–H groups in total. The summed E-state index contributed by atoms with van der Waals surface area (Å²) >= 11 is 5.31. The predicted molar refractivity (Wildman–Crippen MR) is 40.9 cm³/mol. The van der Waals surface area contributed by atoms with Gasteiger partial charge in [0.15, 0.2) is 11.0 Å². The van der Waals surface area contributed by atoms with E-state index in [0.717, 1.165) is 6.20 Å². The van der Waals surface area contributed by atoms with Gasteiger partial charge in [0.2, 0.25) is 0 Å². The van der Waals surface area contributed by atoms with Crippen molar-refractivity contribution in [2.75, 3.05) is 0 Å². The van der Waals surface area contributed by atoms with Crippen LogP contribution in [0.25, 0.3) is 0 Å². The molecule has 64 valence electrons. The molecule has 3 nitrogen and oxygen atoms in total. The van der Waals surface area contributed by atoms with Crippen molar-refractivity contribution in [1.82, 2.24) is 4.98 Å². The minimum absolute atomic E-state index is 0.00231. The second-order valence-corrected chi connectivity index (χ2v) is 2.56. The lowest BCUT2D eigenvalue weighted by molar-refractivity contribution is 0.0695. The van der Waals surface area contributed by atoms with Crippen molar-refractivity contribution in [2.45, 2.75) is 6.92 Å². The highest BCUT2D eigenvalue weighted by atomic mass is 35.5. The number of nitrogens with zero attached hydrogens (tertiary/aromatic N) is 1. The standard InChI is InChI=1S/C7H5ClFNO2/c1-3-4(7(11)12)2-10-6(8)5(3)9/h2H,1H3,(H,11,12). The molecule has 0 spiro atoms. The molecule has 0 fully saturated rings. The molecule has 0 saturated carbocycles. The molecule has 5 heteroatoms. The van der Waals surface area contributed by atoms with Crippen LogP contribution in [0.1, 0.15) is 15.9 Å². The van der Waals surface area contributed by atoms with Gasteiger partial charge in [0.1, 0.15) is 0 Å². The number of hydrogen-bond donors (Lipinski definition) is 1. The van der Waals surface area contributed by atoms with Crippen LogP contribution in [0.4, 0.5) is 4.39 Å². The molecule has 0 unspecified atom stereocenters. The summed E-state index contributed by atoms with van der Waals surface area (Å²) in [6.45, 7) is 1.34. The zero-order valence-electron chi connectivity index (χ0n) is 6.14. The fourth-order valence-corrected chi connectivity index (χ4v) is 0.954. The number of aromatic nitrogens is 1. The van der Waals surface area contributed by atoms with E-state index in [1.165, 1.54) is 6.92 Å². The Hall–Kier alpha value is -1.16. The van der Waals surface area contributed by atoms with Gasteiger partial charge in [-0.15, -0.1) is 0 Å². The smallest absolute Gasteiger partial charge is 0.337 e. The van der Waals surface area contributed by atoms with Gasteiger partial charge in [-0.2, -0.15) is 0 Å². The molecule has 0 aromatic carbocycles. The number of hydrogen-bond acceptors (Lipinski definition) is 2. The van der Waals surface area contributed by atoms with E-state index in [2.05, 4.69) is 4.98 Å². The number of rotatable bonds is 1. The lowest BCUT2D eigenvalue weighted by Gasteiger charge is -2.01. The zero-order valence-corrected chi connectivity index (χ0v) is 6.89. The van der Waals surface area contributed by atoms with Crippen LogP contribution >= 0.6 is 11.6 Å². The van der Waals surface area contributed by atoms with Gasteiger partial charge in [0.25, 0.3) is 0 Å². The minimum Gasteiger partial charge on any atom is -0.478 e. The van der Waals surface area contributed by atoms with Crippen LogP contribution in [0.5, 0.6) is 0 Å². The maximum atomic E-state index is 12.9. The summed E-state index contributed by atoms with van der Waals surface area (Å²) in [4.78, 5) is 13.8. The second kappa shape index (κ2) is 3.06. The first-order chi connectivity index (χ1) is 5.54. The van der Waals surface area contributed by atoms with Crippen LogP contribution < -0.4 is 0 Å². The van der Waals surface area contributed by atoms with Crippen LogP contribution in [0.15, 0.2) is 6.20 Å². The molecule has 1 aromatic rings. The minimum atomic E-state index is -1.21. The van der Waals surface area contributed by atoms with Gasteiger partial charge in [-0.05, 0) is 6.92 Å². The van der Waals surface area contributed by atoms with Crippen molar-refractivity contribution in [2.24, 2.45) is 0 Å². The topological polar surface area (TPSA) is 50.2 Å². The van der Waals surface area contributed by atoms with Crippen molar-refractivity contribution >= 4 is 17.6 Å². The van der Waals surface area contributed by atoms with Gasteiger partial charge in [-0.3, -0.25) is 0 Å². The Morgan fingerprint density at radius 1 is 1.75 bits per heavy atom. The number of halogens is 2. The molecule has 1 aromatic heterocycles. The van der Waals surface area contributed by atoms with Crippen molar-refractivity contribution in [3.8, 4) is 0 Å². The van der Waals surface area contributed by atoms with Crippen molar-refractivity contribution in [3.05, 3.63) is 28.3 Å². The van der Waals surface area contributed by atoms with Gasteiger partial charge in [0.05, 0.1) is 5.56 Å². The third-order valence-corrected chi connectivity index (χ3v) is 1.72. The highest BCUT2D eigenvalue weighted by molar-refractivity contribution is 6.29. The van der Waals surface area contributed by atoms with E-state index in [9.17, 15) is 9.18 Å². The summed E-state index contributed by atoms with van der Waals surface area (Å²) in [6.07, 6.45) is 1.03. The summed E-state index contributed by atoms with van der Waals surface area (Å²) in [5, 5.41) is 8.22. The molecule has 0 aliphatic carbocycles. The molecule has 1 heterocycles. The molecule has 0 radical (unpaired) electrons. The first kappa shape index (κ1) is 8.93. The Bertz CT molecular complexity index is 340. The number of carbonyl (C=O) groups is 1. The summed E-state index contributed by atoms with van der Waals surface area (Å²) in [5.74, 6) is -1.99. The Balaban J connectivity index is 3.36. The van der Waals surface area contributed by atoms with Gasteiger partial charge in [-0.25, -0.2) is 14.2 Å². The molecule has 0 bridgehead atoms. The highest BCUT2D eigenvalue weighted by Crippen LogP contribution is 2.17. The molecular formula is C7H5ClFNO2. The van der Waals surface area contributed by atoms with E-state index in [1.807, 2.05) is 0 Å². The fourth-order valence-electron chi connectivity index (χ4n) is 0.763. The Kier molecular flexibility index (Phi) is 2.28. The van der Waals surface area contributed by atoms with Crippen molar-refractivity contribution < 1.29 is 14.3 Å². The first-order valence-corrected chi connectivity index (χ1v) is 3.45. The van der Waals surface area contributed by atoms with E-state index < -0.39 is 11.8 Å². The van der Waals surface area contributed by atoms with Crippen LogP contribution in [0, 0.1) is 12.7 Å². The quantitative estimate of drug-likeness (QED) is 0.687. The maximum Gasteiger partial charge on any atom is 0.337 e. The molecular weight excluding hydrogens is 185 g/mol. The van der Waals surface area contributed by atoms with Gasteiger partial charge < -0.3 is 5.11 Å². The Morgan fingerprint density at radius 3 is 2.83 bits per heavy atom.